The van der Waals surface area contributed by atoms with Crippen molar-refractivity contribution in [1.82, 2.24) is 4.90 Å². The van der Waals surface area contributed by atoms with E-state index in [1.807, 2.05) is 23.9 Å². The smallest absolute Gasteiger partial charge is 0.134 e. The van der Waals surface area contributed by atoms with Crippen molar-refractivity contribution < 1.29 is 9.84 Å². The van der Waals surface area contributed by atoms with Gasteiger partial charge in [0, 0.05) is 18.8 Å². The topological polar surface area (TPSA) is 32.7 Å². The molecule has 0 amide bonds. The Morgan fingerprint density at radius 2 is 2.21 bits per heavy atom. The van der Waals surface area contributed by atoms with Gasteiger partial charge in [-0.15, -0.1) is 0 Å². The van der Waals surface area contributed by atoms with E-state index >= 15 is 0 Å². The highest BCUT2D eigenvalue weighted by Crippen LogP contribution is 2.19. The van der Waals surface area contributed by atoms with Gasteiger partial charge in [0.1, 0.15) is 12.4 Å². The molecule has 1 rings (SSSR count). The molecule has 0 saturated carbocycles. The molecule has 0 fully saturated rings. The molecular formula is C15H21NO2S. The van der Waals surface area contributed by atoms with Crippen molar-refractivity contribution in [1.29, 1.82) is 0 Å². The minimum atomic E-state index is -0.138. The Labute approximate surface area is 120 Å². The zero-order chi connectivity index (χ0) is 14.1. The largest absolute Gasteiger partial charge is 0.495 e. The third kappa shape index (κ3) is 5.56. The standard InChI is InChI=1S/C15H21NO2S/c1-16(8-10-19-3)12-13-6-7-15(18-2)14(11-13)5-4-9-17/h6-7,11,17H,8-10,12H2,1-3H3. The second kappa shape index (κ2) is 8.87. The molecule has 4 heteroatoms. The normalized spacial score (nSPS) is 10.2. The Hall–Kier alpha value is -1.15. The van der Waals surface area contributed by atoms with Crippen molar-refractivity contribution in [2.75, 3.05) is 39.3 Å². The van der Waals surface area contributed by atoms with Gasteiger partial charge in [-0.2, -0.15) is 11.8 Å². The summed E-state index contributed by atoms with van der Waals surface area (Å²) in [5, 5.41) is 8.78. The molecule has 0 radical (unpaired) electrons. The van der Waals surface area contributed by atoms with Gasteiger partial charge in [-0.1, -0.05) is 17.9 Å². The Morgan fingerprint density at radius 1 is 1.42 bits per heavy atom. The third-order valence-corrected chi connectivity index (χ3v) is 3.29. The van der Waals surface area contributed by atoms with Crippen LogP contribution in [0, 0.1) is 11.8 Å². The van der Waals surface area contributed by atoms with E-state index in [4.69, 9.17) is 9.84 Å². The fourth-order valence-electron chi connectivity index (χ4n) is 1.72. The van der Waals surface area contributed by atoms with Gasteiger partial charge in [-0.25, -0.2) is 0 Å². The zero-order valence-corrected chi connectivity index (χ0v) is 12.6. The van der Waals surface area contributed by atoms with Gasteiger partial charge < -0.3 is 14.7 Å². The van der Waals surface area contributed by atoms with Crippen molar-refractivity contribution in [3.63, 3.8) is 0 Å². The molecule has 1 aromatic carbocycles. The van der Waals surface area contributed by atoms with Crippen molar-refractivity contribution in [3.05, 3.63) is 29.3 Å². The number of thioether (sulfide) groups is 1. The van der Waals surface area contributed by atoms with Crippen LogP contribution in [0.1, 0.15) is 11.1 Å². The Bertz CT molecular complexity index is 451. The molecule has 0 atom stereocenters. The van der Waals surface area contributed by atoms with Crippen molar-refractivity contribution in [3.8, 4) is 17.6 Å². The number of nitrogens with zero attached hydrogens (tertiary/aromatic N) is 1. The summed E-state index contributed by atoms with van der Waals surface area (Å²) in [6.45, 7) is 1.81. The number of hydrogen-bond acceptors (Lipinski definition) is 4. The van der Waals surface area contributed by atoms with E-state index in [-0.39, 0.29) is 6.61 Å². The molecule has 0 aliphatic heterocycles. The van der Waals surface area contributed by atoms with Gasteiger partial charge in [-0.3, -0.25) is 0 Å². The van der Waals surface area contributed by atoms with E-state index in [9.17, 15) is 0 Å². The SMILES string of the molecule is COc1ccc(CN(C)CCSC)cc1C#CCO. The number of aliphatic hydroxyl groups excluding tert-OH is 1. The lowest BCUT2D eigenvalue weighted by Crippen LogP contribution is -2.20. The average molecular weight is 279 g/mol. The second-order valence-electron chi connectivity index (χ2n) is 4.23. The lowest BCUT2D eigenvalue weighted by atomic mass is 10.1. The molecular weight excluding hydrogens is 258 g/mol. The van der Waals surface area contributed by atoms with Gasteiger partial charge in [0.05, 0.1) is 12.7 Å². The maximum atomic E-state index is 8.78. The molecule has 0 unspecified atom stereocenters. The Kier molecular flexibility index (Phi) is 7.42. The number of rotatable bonds is 6. The van der Waals surface area contributed by atoms with E-state index in [1.54, 1.807) is 7.11 Å². The molecule has 0 spiro atoms. The molecule has 3 nitrogen and oxygen atoms in total. The summed E-state index contributed by atoms with van der Waals surface area (Å²) < 4.78 is 5.27. The quantitative estimate of drug-likeness (QED) is 0.805. The highest BCUT2D eigenvalue weighted by Gasteiger charge is 2.04. The Morgan fingerprint density at radius 3 is 2.84 bits per heavy atom. The van der Waals surface area contributed by atoms with Crippen LogP contribution in [0.4, 0.5) is 0 Å². The van der Waals surface area contributed by atoms with Crippen molar-refractivity contribution in [2.24, 2.45) is 0 Å². The third-order valence-electron chi connectivity index (χ3n) is 2.70. The molecule has 1 aromatic rings. The summed E-state index contributed by atoms with van der Waals surface area (Å²) in [5.74, 6) is 7.46. The maximum Gasteiger partial charge on any atom is 0.134 e. The van der Waals surface area contributed by atoms with Gasteiger partial charge in [0.15, 0.2) is 0 Å². The van der Waals surface area contributed by atoms with Crippen LogP contribution < -0.4 is 4.74 Å². The molecule has 19 heavy (non-hydrogen) atoms. The summed E-state index contributed by atoms with van der Waals surface area (Å²) in [6, 6.07) is 6.01. The molecule has 104 valence electrons. The maximum absolute atomic E-state index is 8.78. The summed E-state index contributed by atoms with van der Waals surface area (Å²) in [4.78, 5) is 2.28. The van der Waals surface area contributed by atoms with Crippen LogP contribution >= 0.6 is 11.8 Å². The van der Waals surface area contributed by atoms with Crippen LogP contribution in [0.15, 0.2) is 18.2 Å². The molecule has 0 saturated heterocycles. The van der Waals surface area contributed by atoms with E-state index in [0.717, 1.165) is 30.2 Å². The molecule has 0 bridgehead atoms. The van der Waals surface area contributed by atoms with Crippen LogP contribution in [-0.4, -0.2) is 49.3 Å². The van der Waals surface area contributed by atoms with Gasteiger partial charge in [0.2, 0.25) is 0 Å². The molecule has 0 aliphatic rings. The number of benzene rings is 1. The molecule has 1 N–H and O–H groups in total. The average Bonchev–Trinajstić information content (AvgIpc) is 2.43. The number of methoxy groups -OCH3 is 1. The summed E-state index contributed by atoms with van der Waals surface area (Å²) in [6.07, 6.45) is 2.11. The fraction of sp³-hybridized carbons (Fsp3) is 0.467. The van der Waals surface area contributed by atoms with E-state index in [0.29, 0.717) is 0 Å². The van der Waals surface area contributed by atoms with Crippen LogP contribution in [-0.2, 0) is 6.54 Å². The monoisotopic (exact) mass is 279 g/mol. The van der Waals surface area contributed by atoms with Crippen LogP contribution in [0.2, 0.25) is 0 Å². The summed E-state index contributed by atoms with van der Waals surface area (Å²) >= 11 is 1.85. The lowest BCUT2D eigenvalue weighted by Gasteiger charge is -2.16. The predicted octanol–water partition coefficient (Wildman–Crippen LogP) is 1.83. The fourth-order valence-corrected chi connectivity index (χ4v) is 2.22. The summed E-state index contributed by atoms with van der Waals surface area (Å²) in [5.41, 5.74) is 2.03. The van der Waals surface area contributed by atoms with Crippen molar-refractivity contribution >= 4 is 11.8 Å². The van der Waals surface area contributed by atoms with Crippen molar-refractivity contribution in [2.45, 2.75) is 6.54 Å². The van der Waals surface area contributed by atoms with Gasteiger partial charge in [-0.05, 0) is 31.0 Å². The first-order valence-corrected chi connectivity index (χ1v) is 7.54. The highest BCUT2D eigenvalue weighted by atomic mass is 32.2. The zero-order valence-electron chi connectivity index (χ0n) is 11.8. The predicted molar refractivity (Wildman–Crippen MR) is 81.7 cm³/mol. The number of ether oxygens (including phenoxy) is 1. The molecule has 0 aliphatic carbocycles. The Balaban J connectivity index is 2.80. The first kappa shape index (κ1) is 15.9. The van der Waals surface area contributed by atoms with E-state index in [1.165, 1.54) is 5.56 Å². The molecule has 0 aromatic heterocycles. The minimum Gasteiger partial charge on any atom is -0.495 e. The second-order valence-corrected chi connectivity index (χ2v) is 5.21. The highest BCUT2D eigenvalue weighted by molar-refractivity contribution is 7.98. The van der Waals surface area contributed by atoms with Gasteiger partial charge in [0.25, 0.3) is 0 Å². The molecule has 0 heterocycles. The van der Waals surface area contributed by atoms with E-state index < -0.39 is 0 Å². The first-order valence-electron chi connectivity index (χ1n) is 6.15. The van der Waals surface area contributed by atoms with Crippen LogP contribution in [0.3, 0.4) is 0 Å². The van der Waals surface area contributed by atoms with Crippen LogP contribution in [0.25, 0.3) is 0 Å². The van der Waals surface area contributed by atoms with E-state index in [2.05, 4.69) is 36.1 Å². The van der Waals surface area contributed by atoms with Crippen LogP contribution in [0.5, 0.6) is 5.75 Å². The minimum absolute atomic E-state index is 0.138. The lowest BCUT2D eigenvalue weighted by molar-refractivity contribution is 0.348. The van der Waals surface area contributed by atoms with Gasteiger partial charge >= 0.3 is 0 Å². The first-order chi connectivity index (χ1) is 9.21. The number of aliphatic hydroxyl groups is 1. The summed E-state index contributed by atoms with van der Waals surface area (Å²) in [7, 11) is 3.74. The number of hydrogen-bond donors (Lipinski definition) is 1.